The van der Waals surface area contributed by atoms with Gasteiger partial charge in [-0.15, -0.1) is 11.3 Å². The van der Waals surface area contributed by atoms with Crippen LogP contribution in [-0.2, 0) is 11.8 Å². The van der Waals surface area contributed by atoms with Gasteiger partial charge in [0, 0.05) is 12.4 Å². The maximum Gasteiger partial charge on any atom is 0.359 e. The molecule has 0 bridgehead atoms. The molecule has 2 aromatic heterocycles. The molecule has 0 aromatic carbocycles. The SMILES string of the molecule is COC(=O)c1c(F)c(-c2cscn2)nn1C. The van der Waals surface area contributed by atoms with Crippen LogP contribution in [0.5, 0.6) is 0 Å². The highest BCUT2D eigenvalue weighted by molar-refractivity contribution is 7.07. The van der Waals surface area contributed by atoms with E-state index in [2.05, 4.69) is 14.8 Å². The van der Waals surface area contributed by atoms with Crippen molar-refractivity contribution >= 4 is 17.3 Å². The topological polar surface area (TPSA) is 57.0 Å². The summed E-state index contributed by atoms with van der Waals surface area (Å²) in [5.74, 6) is -1.46. The van der Waals surface area contributed by atoms with Crippen LogP contribution in [0.4, 0.5) is 4.39 Å². The van der Waals surface area contributed by atoms with Crippen molar-refractivity contribution < 1.29 is 13.9 Å². The zero-order valence-electron chi connectivity index (χ0n) is 8.60. The normalized spacial score (nSPS) is 10.4. The molecule has 0 spiro atoms. The summed E-state index contributed by atoms with van der Waals surface area (Å²) < 4.78 is 19.5. The average Bonchev–Trinajstić information content (AvgIpc) is 2.86. The number of methoxy groups -OCH3 is 1. The van der Waals surface area contributed by atoms with Gasteiger partial charge >= 0.3 is 5.97 Å². The van der Waals surface area contributed by atoms with E-state index in [9.17, 15) is 9.18 Å². The second-order valence-corrected chi connectivity index (χ2v) is 3.72. The van der Waals surface area contributed by atoms with Gasteiger partial charge in [0.1, 0.15) is 11.4 Å². The molecule has 0 saturated heterocycles. The largest absolute Gasteiger partial charge is 0.464 e. The van der Waals surface area contributed by atoms with Gasteiger partial charge in [0.05, 0.1) is 12.6 Å². The van der Waals surface area contributed by atoms with Crippen LogP contribution < -0.4 is 0 Å². The average molecular weight is 241 g/mol. The molecule has 2 heterocycles. The Morgan fingerprint density at radius 1 is 1.62 bits per heavy atom. The lowest BCUT2D eigenvalue weighted by Crippen LogP contribution is -2.09. The molecule has 2 rings (SSSR count). The first-order valence-electron chi connectivity index (χ1n) is 4.34. The van der Waals surface area contributed by atoms with Crippen LogP contribution >= 0.6 is 11.3 Å². The number of aromatic nitrogens is 3. The van der Waals surface area contributed by atoms with E-state index in [0.717, 1.165) is 4.68 Å². The Labute approximate surface area is 94.5 Å². The summed E-state index contributed by atoms with van der Waals surface area (Å²) >= 11 is 1.33. The standard InChI is InChI=1S/C9H8FN3O2S/c1-13-8(9(14)15-2)6(10)7(12-13)5-3-16-4-11-5/h3-4H,1-2H3. The highest BCUT2D eigenvalue weighted by Crippen LogP contribution is 2.23. The Bertz CT molecular complexity index is 521. The molecule has 0 radical (unpaired) electrons. The smallest absolute Gasteiger partial charge is 0.359 e. The van der Waals surface area contributed by atoms with Gasteiger partial charge in [-0.05, 0) is 0 Å². The number of carbonyl (C=O) groups excluding carboxylic acids is 1. The van der Waals surface area contributed by atoms with Gasteiger partial charge in [-0.3, -0.25) is 4.68 Å². The third-order valence-corrected chi connectivity index (χ3v) is 2.63. The van der Waals surface area contributed by atoms with Crippen LogP contribution in [0.15, 0.2) is 10.9 Å². The summed E-state index contributed by atoms with van der Waals surface area (Å²) in [7, 11) is 2.67. The monoisotopic (exact) mass is 241 g/mol. The predicted molar refractivity (Wildman–Crippen MR) is 55.6 cm³/mol. The Hall–Kier alpha value is -1.76. The molecule has 0 aliphatic heterocycles. The molecule has 16 heavy (non-hydrogen) atoms. The fourth-order valence-electron chi connectivity index (χ4n) is 1.31. The first-order chi connectivity index (χ1) is 7.65. The van der Waals surface area contributed by atoms with Crippen LogP contribution in [0.25, 0.3) is 11.4 Å². The quantitative estimate of drug-likeness (QED) is 0.747. The zero-order valence-corrected chi connectivity index (χ0v) is 9.42. The molecule has 84 valence electrons. The molecule has 0 unspecified atom stereocenters. The highest BCUT2D eigenvalue weighted by atomic mass is 32.1. The van der Waals surface area contributed by atoms with Crippen molar-refractivity contribution in [1.29, 1.82) is 0 Å². The van der Waals surface area contributed by atoms with Crippen LogP contribution in [0.2, 0.25) is 0 Å². The van der Waals surface area contributed by atoms with E-state index in [-0.39, 0.29) is 11.4 Å². The molecule has 2 aromatic rings. The lowest BCUT2D eigenvalue weighted by molar-refractivity contribution is 0.0583. The first-order valence-corrected chi connectivity index (χ1v) is 5.28. The maximum absolute atomic E-state index is 13.9. The van der Waals surface area contributed by atoms with Gasteiger partial charge in [0.25, 0.3) is 0 Å². The minimum Gasteiger partial charge on any atom is -0.464 e. The first kappa shape index (κ1) is 10.7. The van der Waals surface area contributed by atoms with Gasteiger partial charge in [-0.25, -0.2) is 14.2 Å². The van der Waals surface area contributed by atoms with Crippen molar-refractivity contribution in [3.8, 4) is 11.4 Å². The maximum atomic E-state index is 13.9. The zero-order chi connectivity index (χ0) is 11.7. The number of hydrogen-bond donors (Lipinski definition) is 0. The van der Waals surface area contributed by atoms with Crippen LogP contribution in [0.3, 0.4) is 0 Å². The summed E-state index contributed by atoms with van der Waals surface area (Å²) in [6.45, 7) is 0. The van der Waals surface area contributed by atoms with Crippen molar-refractivity contribution in [3.63, 3.8) is 0 Å². The van der Waals surface area contributed by atoms with Crippen molar-refractivity contribution in [2.45, 2.75) is 0 Å². The Morgan fingerprint density at radius 3 is 2.94 bits per heavy atom. The van der Waals surface area contributed by atoms with Crippen LogP contribution in [0.1, 0.15) is 10.5 Å². The molecule has 0 saturated carbocycles. The number of rotatable bonds is 2. The van der Waals surface area contributed by atoms with E-state index in [1.165, 1.54) is 25.5 Å². The molecule has 0 N–H and O–H groups in total. The van der Waals surface area contributed by atoms with E-state index in [0.29, 0.717) is 5.69 Å². The van der Waals surface area contributed by atoms with Crippen LogP contribution in [0, 0.1) is 5.82 Å². The molecule has 0 aliphatic rings. The summed E-state index contributed by atoms with van der Waals surface area (Å²) in [4.78, 5) is 15.2. The van der Waals surface area contributed by atoms with Crippen LogP contribution in [-0.4, -0.2) is 27.8 Å². The molecular weight excluding hydrogens is 233 g/mol. The molecular formula is C9H8FN3O2S. The number of aryl methyl sites for hydroxylation is 1. The van der Waals surface area contributed by atoms with Gasteiger partial charge in [0.2, 0.25) is 0 Å². The summed E-state index contributed by atoms with van der Waals surface area (Å²) in [5, 5.41) is 5.57. The Kier molecular flexibility index (Phi) is 2.69. The van der Waals surface area contributed by atoms with E-state index in [1.807, 2.05) is 0 Å². The summed E-state index contributed by atoms with van der Waals surface area (Å²) in [6, 6.07) is 0. The lowest BCUT2D eigenvalue weighted by atomic mass is 10.3. The Morgan fingerprint density at radius 2 is 2.38 bits per heavy atom. The highest BCUT2D eigenvalue weighted by Gasteiger charge is 2.24. The van der Waals surface area contributed by atoms with Crippen molar-refractivity contribution in [2.75, 3.05) is 7.11 Å². The fraction of sp³-hybridized carbons (Fsp3) is 0.222. The van der Waals surface area contributed by atoms with Crippen molar-refractivity contribution in [3.05, 3.63) is 22.4 Å². The third-order valence-electron chi connectivity index (χ3n) is 2.04. The number of carbonyl (C=O) groups is 1. The van der Waals surface area contributed by atoms with E-state index in [4.69, 9.17) is 0 Å². The van der Waals surface area contributed by atoms with E-state index < -0.39 is 11.8 Å². The second kappa shape index (κ2) is 4.01. The second-order valence-electron chi connectivity index (χ2n) is 3.00. The van der Waals surface area contributed by atoms with Gasteiger partial charge in [-0.2, -0.15) is 5.10 Å². The minimum absolute atomic E-state index is 0.0594. The molecule has 7 heteroatoms. The number of ether oxygens (including phenoxy) is 1. The fourth-order valence-corrected chi connectivity index (χ4v) is 1.85. The minimum atomic E-state index is -0.756. The number of halogens is 1. The van der Waals surface area contributed by atoms with Gasteiger partial charge in [0.15, 0.2) is 11.5 Å². The summed E-state index contributed by atoms with van der Waals surface area (Å²) in [5.41, 5.74) is 1.84. The molecule has 0 fully saturated rings. The number of hydrogen-bond acceptors (Lipinski definition) is 5. The lowest BCUT2D eigenvalue weighted by Gasteiger charge is -1.97. The number of esters is 1. The predicted octanol–water partition coefficient (Wildman–Crippen LogP) is 1.47. The van der Waals surface area contributed by atoms with Crippen molar-refractivity contribution in [1.82, 2.24) is 14.8 Å². The Balaban J connectivity index is 2.55. The van der Waals surface area contributed by atoms with Crippen molar-refractivity contribution in [2.24, 2.45) is 7.05 Å². The molecule has 5 nitrogen and oxygen atoms in total. The third kappa shape index (κ3) is 1.58. The molecule has 0 aliphatic carbocycles. The number of thiazole rings is 1. The number of nitrogens with zero attached hydrogens (tertiary/aromatic N) is 3. The summed E-state index contributed by atoms with van der Waals surface area (Å²) in [6.07, 6.45) is 0. The molecule has 0 atom stereocenters. The van der Waals surface area contributed by atoms with E-state index in [1.54, 1.807) is 10.9 Å². The van der Waals surface area contributed by atoms with Gasteiger partial charge in [-0.1, -0.05) is 0 Å². The molecule has 0 amide bonds. The van der Waals surface area contributed by atoms with Gasteiger partial charge < -0.3 is 4.74 Å². The van der Waals surface area contributed by atoms with E-state index >= 15 is 0 Å².